The van der Waals surface area contributed by atoms with Gasteiger partial charge in [0.05, 0.1) is 6.10 Å². The molecule has 102 valence electrons. The Bertz CT molecular complexity index is 199. The highest BCUT2D eigenvalue weighted by Gasteiger charge is 2.24. The van der Waals surface area contributed by atoms with Gasteiger partial charge in [-0.1, -0.05) is 6.92 Å². The maximum absolute atomic E-state index is 5.38. The van der Waals surface area contributed by atoms with Crippen molar-refractivity contribution in [2.24, 2.45) is 0 Å². The molecule has 0 aliphatic carbocycles. The monoisotopic (exact) mass is 243 g/mol. The first-order valence-corrected chi connectivity index (χ1v) is 6.79. The van der Waals surface area contributed by atoms with Gasteiger partial charge in [-0.15, -0.1) is 0 Å². The van der Waals surface area contributed by atoms with E-state index >= 15 is 0 Å². The van der Waals surface area contributed by atoms with Crippen LogP contribution >= 0.6 is 0 Å². The minimum Gasteiger partial charge on any atom is -0.380 e. The lowest BCUT2D eigenvalue weighted by molar-refractivity contribution is 0.115. The van der Waals surface area contributed by atoms with E-state index in [0.29, 0.717) is 12.1 Å². The zero-order valence-corrected chi connectivity index (χ0v) is 11.9. The van der Waals surface area contributed by atoms with E-state index in [0.717, 1.165) is 26.1 Å². The van der Waals surface area contributed by atoms with Crippen molar-refractivity contribution in [3.8, 4) is 0 Å². The standard InChI is InChI=1S/C13H29N3O/c1-5-16(8-6-7-15(2)3)11-12-9-13(17-4)10-14-12/h12-14H,5-11H2,1-4H3. The summed E-state index contributed by atoms with van der Waals surface area (Å²) in [5.74, 6) is 0. The summed E-state index contributed by atoms with van der Waals surface area (Å²) in [5.41, 5.74) is 0. The van der Waals surface area contributed by atoms with E-state index in [-0.39, 0.29) is 0 Å². The Labute approximate surface area is 106 Å². The zero-order valence-electron chi connectivity index (χ0n) is 11.9. The van der Waals surface area contributed by atoms with Gasteiger partial charge in [-0.05, 0) is 46.6 Å². The molecule has 0 bridgehead atoms. The Morgan fingerprint density at radius 3 is 2.59 bits per heavy atom. The molecule has 0 aromatic carbocycles. The zero-order chi connectivity index (χ0) is 12.7. The van der Waals surface area contributed by atoms with Gasteiger partial charge < -0.3 is 19.9 Å². The van der Waals surface area contributed by atoms with Crippen LogP contribution in [0.4, 0.5) is 0 Å². The average molecular weight is 243 g/mol. The van der Waals surface area contributed by atoms with Crippen molar-refractivity contribution in [1.29, 1.82) is 0 Å². The molecule has 0 spiro atoms. The molecule has 0 saturated carbocycles. The van der Waals surface area contributed by atoms with Crippen LogP contribution in [-0.2, 0) is 4.74 Å². The number of rotatable bonds is 8. The number of methoxy groups -OCH3 is 1. The molecule has 1 saturated heterocycles. The third kappa shape index (κ3) is 5.82. The van der Waals surface area contributed by atoms with Gasteiger partial charge in [-0.25, -0.2) is 0 Å². The second-order valence-corrected chi connectivity index (χ2v) is 5.25. The minimum atomic E-state index is 0.417. The van der Waals surface area contributed by atoms with Crippen molar-refractivity contribution in [3.63, 3.8) is 0 Å². The second-order valence-electron chi connectivity index (χ2n) is 5.25. The lowest BCUT2D eigenvalue weighted by atomic mass is 10.2. The van der Waals surface area contributed by atoms with E-state index in [4.69, 9.17) is 4.74 Å². The Balaban J connectivity index is 2.18. The molecule has 4 heteroatoms. The van der Waals surface area contributed by atoms with Gasteiger partial charge in [0.1, 0.15) is 0 Å². The van der Waals surface area contributed by atoms with E-state index in [1.54, 1.807) is 0 Å². The molecule has 0 aromatic rings. The molecule has 2 atom stereocenters. The molecule has 1 rings (SSSR count). The molecule has 1 fully saturated rings. The predicted molar refractivity (Wildman–Crippen MR) is 72.5 cm³/mol. The lowest BCUT2D eigenvalue weighted by Crippen LogP contribution is -2.38. The maximum Gasteiger partial charge on any atom is 0.0711 e. The van der Waals surface area contributed by atoms with Crippen LogP contribution in [-0.4, -0.2) is 75.9 Å². The number of nitrogens with one attached hydrogen (secondary N) is 1. The van der Waals surface area contributed by atoms with Crippen molar-refractivity contribution < 1.29 is 4.74 Å². The van der Waals surface area contributed by atoms with Crippen LogP contribution in [0.2, 0.25) is 0 Å². The van der Waals surface area contributed by atoms with E-state index in [2.05, 4.69) is 36.1 Å². The summed E-state index contributed by atoms with van der Waals surface area (Å²) in [5, 5.41) is 3.54. The van der Waals surface area contributed by atoms with E-state index < -0.39 is 0 Å². The van der Waals surface area contributed by atoms with Crippen molar-refractivity contribution in [2.45, 2.75) is 31.9 Å². The summed E-state index contributed by atoms with van der Waals surface area (Å²) in [4.78, 5) is 4.79. The quantitative estimate of drug-likeness (QED) is 0.677. The van der Waals surface area contributed by atoms with Gasteiger partial charge in [-0.3, -0.25) is 0 Å². The van der Waals surface area contributed by atoms with E-state index in [1.807, 2.05) is 7.11 Å². The normalized spacial score (nSPS) is 25.1. The van der Waals surface area contributed by atoms with E-state index in [9.17, 15) is 0 Å². The fraction of sp³-hybridized carbons (Fsp3) is 1.00. The summed E-state index contributed by atoms with van der Waals surface area (Å²) in [6, 6.07) is 0.610. The number of ether oxygens (including phenoxy) is 1. The molecular formula is C13H29N3O. The largest absolute Gasteiger partial charge is 0.380 e. The highest BCUT2D eigenvalue weighted by molar-refractivity contribution is 4.84. The topological polar surface area (TPSA) is 27.7 Å². The second kappa shape index (κ2) is 8.03. The first kappa shape index (κ1) is 14.9. The highest BCUT2D eigenvalue weighted by Crippen LogP contribution is 2.11. The van der Waals surface area contributed by atoms with Crippen LogP contribution in [0.25, 0.3) is 0 Å². The van der Waals surface area contributed by atoms with Gasteiger partial charge in [0.2, 0.25) is 0 Å². The van der Waals surface area contributed by atoms with Crippen LogP contribution in [0.5, 0.6) is 0 Å². The summed E-state index contributed by atoms with van der Waals surface area (Å²) < 4.78 is 5.38. The van der Waals surface area contributed by atoms with Gasteiger partial charge in [0.25, 0.3) is 0 Å². The minimum absolute atomic E-state index is 0.417. The maximum atomic E-state index is 5.38. The molecule has 2 unspecified atom stereocenters. The molecule has 1 N–H and O–H groups in total. The molecule has 0 aromatic heterocycles. The fourth-order valence-electron chi connectivity index (χ4n) is 2.40. The van der Waals surface area contributed by atoms with Crippen molar-refractivity contribution in [3.05, 3.63) is 0 Å². The van der Waals surface area contributed by atoms with Crippen molar-refractivity contribution in [1.82, 2.24) is 15.1 Å². The van der Waals surface area contributed by atoms with Gasteiger partial charge in [0, 0.05) is 26.2 Å². The molecule has 1 aliphatic rings. The molecular weight excluding hydrogens is 214 g/mol. The molecule has 1 aliphatic heterocycles. The van der Waals surface area contributed by atoms with Gasteiger partial charge in [-0.2, -0.15) is 0 Å². The summed E-state index contributed by atoms with van der Waals surface area (Å²) in [6.45, 7) is 7.93. The van der Waals surface area contributed by atoms with Crippen LogP contribution in [0.3, 0.4) is 0 Å². The molecule has 4 nitrogen and oxygen atoms in total. The number of hydrogen-bond donors (Lipinski definition) is 1. The Hall–Kier alpha value is -0.160. The molecule has 1 heterocycles. The Morgan fingerprint density at radius 1 is 1.29 bits per heavy atom. The van der Waals surface area contributed by atoms with Gasteiger partial charge in [0.15, 0.2) is 0 Å². The number of nitrogens with zero attached hydrogens (tertiary/aromatic N) is 2. The van der Waals surface area contributed by atoms with Crippen LogP contribution in [0.1, 0.15) is 19.8 Å². The Kier molecular flexibility index (Phi) is 7.04. The Morgan fingerprint density at radius 2 is 2.06 bits per heavy atom. The van der Waals surface area contributed by atoms with Crippen molar-refractivity contribution >= 4 is 0 Å². The molecule has 0 amide bonds. The molecule has 17 heavy (non-hydrogen) atoms. The number of hydrogen-bond acceptors (Lipinski definition) is 4. The SMILES string of the molecule is CCN(CCCN(C)C)CC1CC(OC)CN1. The van der Waals surface area contributed by atoms with Crippen molar-refractivity contribution in [2.75, 3.05) is 53.9 Å². The van der Waals surface area contributed by atoms with Crippen LogP contribution < -0.4 is 5.32 Å². The molecule has 0 radical (unpaired) electrons. The fourth-order valence-corrected chi connectivity index (χ4v) is 2.40. The first-order chi connectivity index (χ1) is 8.15. The number of likely N-dealkylation sites (N-methyl/N-ethyl adjacent to an activating group) is 1. The smallest absolute Gasteiger partial charge is 0.0711 e. The predicted octanol–water partition coefficient (Wildman–Crippen LogP) is 0.637. The summed E-state index contributed by atoms with van der Waals surface area (Å²) in [6.07, 6.45) is 2.82. The van der Waals surface area contributed by atoms with Gasteiger partial charge >= 0.3 is 0 Å². The average Bonchev–Trinajstić information content (AvgIpc) is 2.75. The highest BCUT2D eigenvalue weighted by atomic mass is 16.5. The van der Waals surface area contributed by atoms with Crippen LogP contribution in [0, 0.1) is 0 Å². The summed E-state index contributed by atoms with van der Waals surface area (Å²) in [7, 11) is 6.08. The van der Waals surface area contributed by atoms with E-state index in [1.165, 1.54) is 19.5 Å². The summed E-state index contributed by atoms with van der Waals surface area (Å²) >= 11 is 0. The first-order valence-electron chi connectivity index (χ1n) is 6.79. The third-order valence-corrected chi connectivity index (χ3v) is 3.52. The lowest BCUT2D eigenvalue weighted by Gasteiger charge is -2.24. The van der Waals surface area contributed by atoms with Crippen LogP contribution in [0.15, 0.2) is 0 Å². The third-order valence-electron chi connectivity index (χ3n) is 3.52.